The van der Waals surface area contributed by atoms with Gasteiger partial charge in [0.15, 0.2) is 10.8 Å². The van der Waals surface area contributed by atoms with E-state index in [1.54, 1.807) is 18.5 Å². The molecule has 0 spiro atoms. The number of thiazole rings is 1. The fourth-order valence-electron chi connectivity index (χ4n) is 4.49. The van der Waals surface area contributed by atoms with Crippen LogP contribution in [0.2, 0.25) is 0 Å². The molecule has 0 aliphatic carbocycles. The van der Waals surface area contributed by atoms with Gasteiger partial charge in [0.1, 0.15) is 17.4 Å². The highest BCUT2D eigenvalue weighted by atomic mass is 32.1. The number of hydrogen-bond donors (Lipinski definition) is 1. The van der Waals surface area contributed by atoms with E-state index in [-0.39, 0.29) is 23.7 Å². The monoisotopic (exact) mass is 521 g/mol. The molecule has 0 radical (unpaired) electrons. The van der Waals surface area contributed by atoms with Gasteiger partial charge >= 0.3 is 5.97 Å². The number of likely N-dealkylation sites (tertiary alicyclic amines) is 1. The first-order valence-corrected chi connectivity index (χ1v) is 12.0. The van der Waals surface area contributed by atoms with Crippen molar-refractivity contribution in [2.75, 3.05) is 34.3 Å². The summed E-state index contributed by atoms with van der Waals surface area (Å²) in [6.07, 6.45) is 1.15. The molecule has 36 heavy (non-hydrogen) atoms. The van der Waals surface area contributed by atoms with Crippen molar-refractivity contribution in [1.82, 2.24) is 20.1 Å². The van der Waals surface area contributed by atoms with E-state index in [9.17, 15) is 22.8 Å². The Morgan fingerprint density at radius 2 is 1.94 bits per heavy atom. The molecule has 8 nitrogen and oxygen atoms in total. The van der Waals surface area contributed by atoms with E-state index in [4.69, 9.17) is 9.73 Å². The third kappa shape index (κ3) is 4.74. The minimum absolute atomic E-state index is 0.0349. The van der Waals surface area contributed by atoms with Crippen LogP contribution in [0, 0.1) is 5.82 Å². The van der Waals surface area contributed by atoms with Crippen LogP contribution in [-0.2, 0) is 19.9 Å². The lowest BCUT2D eigenvalue weighted by Gasteiger charge is -2.39. The molecule has 1 amide bonds. The molecule has 3 heterocycles. The Labute approximate surface area is 210 Å². The molecule has 1 fully saturated rings. The Bertz CT molecular complexity index is 1210. The van der Waals surface area contributed by atoms with Gasteiger partial charge < -0.3 is 15.0 Å². The molecule has 2 aromatic rings. The molecule has 12 heteroatoms. The van der Waals surface area contributed by atoms with Crippen LogP contribution in [0.1, 0.15) is 23.9 Å². The number of nitrogens with zero attached hydrogens (tertiary/aromatic N) is 4. The summed E-state index contributed by atoms with van der Waals surface area (Å²) >= 11 is 1.27. The molecule has 1 saturated heterocycles. The molecule has 192 valence electrons. The first-order chi connectivity index (χ1) is 17.0. The predicted octanol–water partition coefficient (Wildman–Crippen LogP) is 2.77. The lowest BCUT2D eigenvalue weighted by molar-refractivity contribution is -0.137. The minimum atomic E-state index is -2.99. The Morgan fingerprint density at radius 1 is 1.25 bits per heavy atom. The first-order valence-electron chi connectivity index (χ1n) is 11.2. The average Bonchev–Trinajstić information content (AvgIpc) is 3.48. The molecule has 0 unspecified atom stereocenters. The smallest absolute Gasteiger partial charge is 0.338 e. The van der Waals surface area contributed by atoms with Crippen molar-refractivity contribution >= 4 is 29.0 Å². The number of nitrogens with one attached hydrogen (secondary N) is 1. The van der Waals surface area contributed by atoms with E-state index in [2.05, 4.69) is 10.3 Å². The van der Waals surface area contributed by atoms with Crippen LogP contribution in [0.5, 0.6) is 0 Å². The number of benzene rings is 1. The molecule has 1 aromatic heterocycles. The number of aromatic nitrogens is 1. The van der Waals surface area contributed by atoms with Crippen LogP contribution in [-0.4, -0.2) is 78.8 Å². The predicted molar refractivity (Wildman–Crippen MR) is 128 cm³/mol. The molecule has 0 saturated carbocycles. The SMILES string of the molecule is COC(=O)C1=C([C@@H](C(=O)N(C)C)N2CCC(F)(F)C2)NC(c2nccs2)=N[C@@]1(C)c1ccc(F)cc1. The van der Waals surface area contributed by atoms with Gasteiger partial charge in [-0.1, -0.05) is 12.1 Å². The van der Waals surface area contributed by atoms with Crippen LogP contribution in [0.15, 0.2) is 52.1 Å². The number of esters is 1. The number of carbonyl (C=O) groups is 2. The van der Waals surface area contributed by atoms with Crippen LogP contribution >= 0.6 is 11.3 Å². The number of rotatable bonds is 6. The van der Waals surface area contributed by atoms with Crippen LogP contribution in [0.4, 0.5) is 13.2 Å². The van der Waals surface area contributed by atoms with Crippen molar-refractivity contribution < 1.29 is 27.5 Å². The summed E-state index contributed by atoms with van der Waals surface area (Å²) in [7, 11) is 4.21. The number of aliphatic imine (C=N–C) groups is 1. The Morgan fingerprint density at radius 3 is 2.47 bits per heavy atom. The summed E-state index contributed by atoms with van der Waals surface area (Å²) in [4.78, 5) is 38.5. The number of amidine groups is 1. The second-order valence-electron chi connectivity index (χ2n) is 8.99. The molecular formula is C24H26F3N5O3S. The third-order valence-corrected chi connectivity index (χ3v) is 7.07. The molecule has 0 bridgehead atoms. The molecule has 2 atom stereocenters. The highest BCUT2D eigenvalue weighted by Crippen LogP contribution is 2.41. The van der Waals surface area contributed by atoms with Crippen LogP contribution in [0.3, 0.4) is 0 Å². The molecular weight excluding hydrogens is 495 g/mol. The zero-order chi connectivity index (χ0) is 26.3. The molecule has 1 N–H and O–H groups in total. The lowest BCUT2D eigenvalue weighted by Crippen LogP contribution is -2.54. The van der Waals surface area contributed by atoms with Crippen molar-refractivity contribution in [3.8, 4) is 0 Å². The topological polar surface area (TPSA) is 87.1 Å². The van der Waals surface area contributed by atoms with E-state index < -0.39 is 48.2 Å². The second kappa shape index (κ2) is 9.66. The van der Waals surface area contributed by atoms with Crippen molar-refractivity contribution in [2.24, 2.45) is 4.99 Å². The van der Waals surface area contributed by atoms with Gasteiger partial charge in [-0.3, -0.25) is 9.69 Å². The number of methoxy groups -OCH3 is 1. The van der Waals surface area contributed by atoms with Crippen molar-refractivity contribution in [3.63, 3.8) is 0 Å². The van der Waals surface area contributed by atoms with Crippen LogP contribution in [0.25, 0.3) is 0 Å². The molecule has 2 aliphatic heterocycles. The molecule has 1 aromatic carbocycles. The number of alkyl halides is 2. The second-order valence-corrected chi connectivity index (χ2v) is 9.89. The molecule has 2 aliphatic rings. The molecule has 4 rings (SSSR count). The lowest BCUT2D eigenvalue weighted by atomic mass is 9.80. The summed E-state index contributed by atoms with van der Waals surface area (Å²) < 4.78 is 47.5. The minimum Gasteiger partial charge on any atom is -0.466 e. The number of ether oxygens (including phenoxy) is 1. The number of likely N-dealkylation sites (N-methyl/N-ethyl adjacent to an activating group) is 1. The van der Waals surface area contributed by atoms with E-state index in [0.717, 1.165) is 0 Å². The standard InChI is InChI=1S/C24H26F3N5O3S/c1-23(14-5-7-15(25)8-6-14)16(22(34)35-4)17(29-19(30-23)20-28-10-12-36-20)18(21(33)31(2)3)32-11-9-24(26,27)13-32/h5-8,10,12,18H,9,11,13H2,1-4H3,(H,29,30)/t18-,23-/m0/s1. The highest BCUT2D eigenvalue weighted by Gasteiger charge is 2.50. The van der Waals surface area contributed by atoms with Gasteiger partial charge in [0.25, 0.3) is 5.92 Å². The maximum atomic E-state index is 14.3. The Kier molecular flexibility index (Phi) is 6.93. The summed E-state index contributed by atoms with van der Waals surface area (Å²) in [5.74, 6) is -4.52. The third-order valence-electron chi connectivity index (χ3n) is 6.29. The number of amides is 1. The zero-order valence-electron chi connectivity index (χ0n) is 20.2. The summed E-state index contributed by atoms with van der Waals surface area (Å²) in [5.41, 5.74) is -0.965. The fraction of sp³-hybridized carbons (Fsp3) is 0.417. The summed E-state index contributed by atoms with van der Waals surface area (Å²) in [6.45, 7) is 0.915. The van der Waals surface area contributed by atoms with E-state index >= 15 is 0 Å². The Balaban J connectivity index is 1.99. The van der Waals surface area contributed by atoms with Gasteiger partial charge in [-0.2, -0.15) is 0 Å². The van der Waals surface area contributed by atoms with Crippen LogP contribution < -0.4 is 5.32 Å². The number of hydrogen-bond acceptors (Lipinski definition) is 8. The number of carbonyl (C=O) groups excluding carboxylic acids is 2. The van der Waals surface area contributed by atoms with Crippen molar-refractivity contribution in [3.05, 3.63) is 63.5 Å². The fourth-order valence-corrected chi connectivity index (χ4v) is 5.07. The van der Waals surface area contributed by atoms with Crippen molar-refractivity contribution in [1.29, 1.82) is 0 Å². The van der Waals surface area contributed by atoms with Gasteiger partial charge in [-0.15, -0.1) is 11.3 Å². The van der Waals surface area contributed by atoms with Gasteiger partial charge in [0, 0.05) is 38.6 Å². The maximum Gasteiger partial charge on any atom is 0.338 e. The Hall–Kier alpha value is -3.25. The van der Waals surface area contributed by atoms with Gasteiger partial charge in [-0.25, -0.2) is 27.9 Å². The van der Waals surface area contributed by atoms with Gasteiger partial charge in [-0.05, 0) is 24.6 Å². The maximum absolute atomic E-state index is 14.3. The first kappa shape index (κ1) is 25.8. The summed E-state index contributed by atoms with van der Waals surface area (Å²) in [5, 5.41) is 5.27. The van der Waals surface area contributed by atoms with Gasteiger partial charge in [0.2, 0.25) is 5.91 Å². The normalized spacial score (nSPS) is 22.6. The summed E-state index contributed by atoms with van der Waals surface area (Å²) in [6, 6.07) is 4.18. The number of halogens is 3. The highest BCUT2D eigenvalue weighted by molar-refractivity contribution is 7.11. The quantitative estimate of drug-likeness (QED) is 0.589. The average molecular weight is 522 g/mol. The van der Waals surface area contributed by atoms with E-state index in [1.165, 1.54) is 66.6 Å². The van der Waals surface area contributed by atoms with E-state index in [1.807, 2.05) is 0 Å². The van der Waals surface area contributed by atoms with Crippen molar-refractivity contribution in [2.45, 2.75) is 30.8 Å². The largest absolute Gasteiger partial charge is 0.466 e. The van der Waals surface area contributed by atoms with E-state index in [0.29, 0.717) is 10.6 Å². The zero-order valence-corrected chi connectivity index (χ0v) is 21.0. The van der Waals surface area contributed by atoms with Gasteiger partial charge in [0.05, 0.1) is 24.9 Å².